The molecule has 1 aliphatic carbocycles. The number of anilines is 1. The number of H-pyrrole nitrogens is 1. The van der Waals surface area contributed by atoms with E-state index in [2.05, 4.69) is 9.98 Å². The number of carbonyl (C=O) groups is 1. The number of hydrogen-bond acceptors (Lipinski definition) is 7. The summed E-state index contributed by atoms with van der Waals surface area (Å²) in [7, 11) is -3.62. The van der Waals surface area contributed by atoms with Crippen molar-refractivity contribution in [1.82, 2.24) is 14.3 Å². The summed E-state index contributed by atoms with van der Waals surface area (Å²) < 4.78 is 32.9. The zero-order valence-corrected chi connectivity index (χ0v) is 21.4. The minimum absolute atomic E-state index is 0.0694. The monoisotopic (exact) mass is 525 g/mol. The Balaban J connectivity index is 1.22. The Hall–Kier alpha value is -2.86. The summed E-state index contributed by atoms with van der Waals surface area (Å²) in [5.41, 5.74) is 3.72. The highest BCUT2D eigenvalue weighted by Gasteiger charge is 2.36. The van der Waals surface area contributed by atoms with Crippen molar-refractivity contribution in [3.05, 3.63) is 47.0 Å². The second-order valence-electron chi connectivity index (χ2n) is 9.23. The Morgan fingerprint density at radius 3 is 2.89 bits per heavy atom. The van der Waals surface area contributed by atoms with Crippen molar-refractivity contribution >= 4 is 44.4 Å². The third-order valence-electron chi connectivity index (χ3n) is 6.72. The molecule has 2 aromatic heterocycles. The van der Waals surface area contributed by atoms with Crippen molar-refractivity contribution in [2.75, 3.05) is 31.2 Å². The molecule has 188 valence electrons. The summed E-state index contributed by atoms with van der Waals surface area (Å²) in [6.45, 7) is 1.46. The molecule has 1 saturated heterocycles. The number of carbonyl (C=O) groups excluding carboxylic acids is 1. The molecule has 1 saturated carbocycles. The number of hydrogen-bond donors (Lipinski definition) is 1. The quantitative estimate of drug-likeness (QED) is 0.508. The van der Waals surface area contributed by atoms with Crippen LogP contribution in [0.15, 0.2) is 45.7 Å². The Bertz CT molecular complexity index is 1420. The Kier molecular flexibility index (Phi) is 6.24. The van der Waals surface area contributed by atoms with Gasteiger partial charge in [0, 0.05) is 48.0 Å². The number of fused-ring (bicyclic) bond motifs is 1. The average molecular weight is 526 g/mol. The highest BCUT2D eigenvalue weighted by Crippen LogP contribution is 2.39. The molecule has 0 spiro atoms. The lowest BCUT2D eigenvalue weighted by atomic mass is 10.0. The van der Waals surface area contributed by atoms with Crippen LogP contribution in [0.25, 0.3) is 11.3 Å². The van der Waals surface area contributed by atoms with Gasteiger partial charge in [-0.2, -0.15) is 4.31 Å². The van der Waals surface area contributed by atoms with Crippen LogP contribution in [0.5, 0.6) is 0 Å². The summed E-state index contributed by atoms with van der Waals surface area (Å²) in [5, 5.41) is 2.68. The van der Waals surface area contributed by atoms with Gasteiger partial charge in [0.1, 0.15) is 5.82 Å². The summed E-state index contributed by atoms with van der Waals surface area (Å²) >= 11 is 1.47. The van der Waals surface area contributed by atoms with Crippen LogP contribution in [0.4, 0.5) is 10.9 Å². The molecule has 3 aromatic rings. The molecule has 36 heavy (non-hydrogen) atoms. The van der Waals surface area contributed by atoms with E-state index in [-0.39, 0.29) is 23.3 Å². The van der Waals surface area contributed by atoms with Gasteiger partial charge in [-0.15, -0.1) is 11.3 Å². The molecular formula is C25H27N5O4S2. The number of sulfonamides is 1. The Morgan fingerprint density at radius 2 is 2.08 bits per heavy atom. The third-order valence-corrected chi connectivity index (χ3v) is 9.46. The molecule has 1 N–H and O–H groups in total. The van der Waals surface area contributed by atoms with Gasteiger partial charge in [-0.1, -0.05) is 12.1 Å². The van der Waals surface area contributed by atoms with Crippen LogP contribution in [-0.4, -0.2) is 67.2 Å². The molecule has 0 radical (unpaired) electrons. The van der Waals surface area contributed by atoms with Gasteiger partial charge < -0.3 is 9.72 Å². The molecule has 0 bridgehead atoms. The van der Waals surface area contributed by atoms with Crippen molar-refractivity contribution in [2.24, 2.45) is 4.99 Å². The molecule has 0 atom stereocenters. The van der Waals surface area contributed by atoms with E-state index in [4.69, 9.17) is 9.72 Å². The maximum atomic E-state index is 13.5. The number of ether oxygens (including phenoxy) is 1. The molecule has 3 aliphatic rings. The maximum Gasteiger partial charge on any atom is 0.243 e. The van der Waals surface area contributed by atoms with Gasteiger partial charge in [-0.05, 0) is 43.4 Å². The van der Waals surface area contributed by atoms with E-state index in [1.165, 1.54) is 15.6 Å². The number of nitrogens with one attached hydrogen (secondary N) is 1. The number of rotatable bonds is 7. The molecule has 0 unspecified atom stereocenters. The van der Waals surface area contributed by atoms with Crippen molar-refractivity contribution in [2.45, 2.75) is 43.0 Å². The first-order valence-corrected chi connectivity index (χ1v) is 14.5. The number of aromatic amines is 1. The van der Waals surface area contributed by atoms with Gasteiger partial charge in [0.05, 0.1) is 30.2 Å². The highest BCUT2D eigenvalue weighted by atomic mass is 32.2. The van der Waals surface area contributed by atoms with Crippen LogP contribution in [0.3, 0.4) is 0 Å². The zero-order valence-electron chi connectivity index (χ0n) is 19.7. The maximum absolute atomic E-state index is 13.5. The lowest BCUT2D eigenvalue weighted by Crippen LogP contribution is -2.40. The summed E-state index contributed by atoms with van der Waals surface area (Å²) in [6.07, 6.45) is 7.69. The number of benzene rings is 1. The lowest BCUT2D eigenvalue weighted by Gasteiger charge is -2.26. The number of amides is 1. The van der Waals surface area contributed by atoms with Gasteiger partial charge in [0.2, 0.25) is 15.9 Å². The zero-order chi connectivity index (χ0) is 24.7. The molecule has 6 rings (SSSR count). The van der Waals surface area contributed by atoms with E-state index < -0.39 is 10.0 Å². The van der Waals surface area contributed by atoms with Gasteiger partial charge in [0.15, 0.2) is 5.13 Å². The summed E-state index contributed by atoms with van der Waals surface area (Å²) in [5.74, 6) is 0.813. The number of thiazole rings is 1. The topological polar surface area (TPSA) is 108 Å². The van der Waals surface area contributed by atoms with Gasteiger partial charge in [0.25, 0.3) is 0 Å². The van der Waals surface area contributed by atoms with E-state index in [0.717, 1.165) is 48.3 Å². The van der Waals surface area contributed by atoms with E-state index in [1.807, 2.05) is 17.8 Å². The van der Waals surface area contributed by atoms with Crippen LogP contribution in [0, 0.1) is 0 Å². The molecule has 11 heteroatoms. The lowest BCUT2D eigenvalue weighted by molar-refractivity contribution is -0.118. The SMILES string of the molecule is O=C(Cc1cccc(S(=O)(=O)N2CCOCC2)c1)N(c1nc(-c2c[nH]c3c2CCC=N3)cs1)C1CC1. The number of aromatic nitrogens is 2. The van der Waals surface area contributed by atoms with E-state index >= 15 is 0 Å². The molecule has 2 fully saturated rings. The van der Waals surface area contributed by atoms with E-state index in [9.17, 15) is 13.2 Å². The molecule has 1 aromatic carbocycles. The average Bonchev–Trinajstić information content (AvgIpc) is 3.44. The normalized spacial score (nSPS) is 18.2. The molecule has 1 amide bonds. The van der Waals surface area contributed by atoms with E-state index in [1.54, 1.807) is 29.2 Å². The van der Waals surface area contributed by atoms with Gasteiger partial charge in [-0.25, -0.2) is 18.4 Å². The summed E-state index contributed by atoms with van der Waals surface area (Å²) in [6, 6.07) is 6.86. The summed E-state index contributed by atoms with van der Waals surface area (Å²) in [4.78, 5) is 28.0. The Morgan fingerprint density at radius 1 is 1.25 bits per heavy atom. The second kappa shape index (κ2) is 9.55. The predicted octanol–water partition coefficient (Wildman–Crippen LogP) is 3.55. The standard InChI is InChI=1S/C25H27N5O4S2/c31-23(14-17-3-1-4-19(13-17)36(32,33)29-9-11-34-12-10-29)30(18-6-7-18)25-28-22(16-35-25)21-15-27-24-20(21)5-2-8-26-24/h1,3-4,8,13,15-16,18,27H,2,5-7,9-12,14H2. The minimum Gasteiger partial charge on any atom is -0.379 e. The largest absolute Gasteiger partial charge is 0.379 e. The fourth-order valence-electron chi connectivity index (χ4n) is 4.71. The third kappa shape index (κ3) is 4.52. The molecule has 9 nitrogen and oxygen atoms in total. The van der Waals surface area contributed by atoms with Crippen molar-refractivity contribution < 1.29 is 17.9 Å². The first-order valence-electron chi connectivity index (χ1n) is 12.2. The number of aliphatic imine (C=N–C) groups is 1. The molecule has 4 heterocycles. The van der Waals surface area contributed by atoms with E-state index in [0.29, 0.717) is 37.0 Å². The van der Waals surface area contributed by atoms with Crippen LogP contribution in [0.2, 0.25) is 0 Å². The minimum atomic E-state index is -3.62. The smallest absolute Gasteiger partial charge is 0.243 e. The van der Waals surface area contributed by atoms with Gasteiger partial charge >= 0.3 is 0 Å². The van der Waals surface area contributed by atoms with Crippen LogP contribution < -0.4 is 4.90 Å². The van der Waals surface area contributed by atoms with Crippen LogP contribution in [-0.2, 0) is 32.4 Å². The predicted molar refractivity (Wildman–Crippen MR) is 139 cm³/mol. The van der Waals surface area contributed by atoms with Crippen molar-refractivity contribution in [1.29, 1.82) is 0 Å². The fraction of sp³-hybridized carbons (Fsp3) is 0.400. The van der Waals surface area contributed by atoms with Crippen LogP contribution in [0.1, 0.15) is 30.4 Å². The van der Waals surface area contributed by atoms with Gasteiger partial charge in [-0.3, -0.25) is 9.69 Å². The first-order chi connectivity index (χ1) is 17.5. The Labute approximate surface area is 213 Å². The van der Waals surface area contributed by atoms with Crippen LogP contribution >= 0.6 is 11.3 Å². The fourth-order valence-corrected chi connectivity index (χ4v) is 7.10. The first kappa shape index (κ1) is 23.5. The second-order valence-corrected chi connectivity index (χ2v) is 12.0. The molecule has 2 aliphatic heterocycles. The highest BCUT2D eigenvalue weighted by molar-refractivity contribution is 7.89. The number of nitrogens with zero attached hydrogens (tertiary/aromatic N) is 4. The van der Waals surface area contributed by atoms with Crippen molar-refractivity contribution in [3.63, 3.8) is 0 Å². The molecular weight excluding hydrogens is 498 g/mol. The van der Waals surface area contributed by atoms with Crippen molar-refractivity contribution in [3.8, 4) is 11.3 Å². The number of morpholine rings is 1.